The largest absolute Gasteiger partial charge is 0.588 e. The highest BCUT2D eigenvalue weighted by molar-refractivity contribution is 7.90. The number of amides is 2. The average molecular weight is 196 g/mol. The number of nitrogens with zero attached hydrogens (tertiary/aromatic N) is 1. The van der Waals surface area contributed by atoms with E-state index in [0.29, 0.717) is 11.4 Å². The normalized spacial score (nSPS) is 20.1. The van der Waals surface area contributed by atoms with E-state index >= 15 is 0 Å². The molecule has 1 atom stereocenters. The van der Waals surface area contributed by atoms with E-state index in [4.69, 9.17) is 5.73 Å². The Hall–Kier alpha value is -1.20. The van der Waals surface area contributed by atoms with Crippen molar-refractivity contribution in [3.8, 4) is 0 Å². The Balaban J connectivity index is 2.38. The van der Waals surface area contributed by atoms with Crippen LogP contribution in [0.15, 0.2) is 29.2 Å². The fourth-order valence-electron chi connectivity index (χ4n) is 1.30. The highest BCUT2D eigenvalue weighted by Crippen LogP contribution is 2.29. The molecule has 0 saturated heterocycles. The minimum absolute atomic E-state index is 0.345. The first-order valence-electron chi connectivity index (χ1n) is 3.77. The molecule has 2 rings (SSSR count). The first-order valence-corrected chi connectivity index (χ1v) is 4.87. The fraction of sp³-hybridized carbons (Fsp3) is 0.125. The van der Waals surface area contributed by atoms with Gasteiger partial charge >= 0.3 is 6.03 Å². The molecule has 1 aliphatic rings. The fourth-order valence-corrected chi connectivity index (χ4v) is 2.51. The standard InChI is InChI=1S/C8H8N2O2S/c9-8(11)10-5-6-3-1-2-4-7(6)13(10)12/h1-4H,5H2,(H2,9,11). The maximum absolute atomic E-state index is 11.6. The van der Waals surface area contributed by atoms with Crippen molar-refractivity contribution in [1.29, 1.82) is 0 Å². The highest BCUT2D eigenvalue weighted by atomic mass is 32.2. The molecule has 0 spiro atoms. The van der Waals surface area contributed by atoms with E-state index in [1.807, 2.05) is 12.1 Å². The zero-order valence-electron chi connectivity index (χ0n) is 6.77. The number of nitrogens with two attached hydrogens (primary N) is 1. The van der Waals surface area contributed by atoms with Crippen LogP contribution in [0.5, 0.6) is 0 Å². The summed E-state index contributed by atoms with van der Waals surface area (Å²) in [5, 5.41) is 0. The number of hydrogen-bond donors (Lipinski definition) is 1. The molecule has 1 aliphatic heterocycles. The molecule has 5 heteroatoms. The smallest absolute Gasteiger partial charge is 0.356 e. The Morgan fingerprint density at radius 3 is 2.85 bits per heavy atom. The van der Waals surface area contributed by atoms with Gasteiger partial charge in [0.2, 0.25) is 0 Å². The second-order valence-electron chi connectivity index (χ2n) is 2.73. The summed E-state index contributed by atoms with van der Waals surface area (Å²) in [5.74, 6) is 0. The third-order valence-electron chi connectivity index (χ3n) is 1.92. The van der Waals surface area contributed by atoms with Gasteiger partial charge in [0, 0.05) is 5.56 Å². The third-order valence-corrected chi connectivity index (χ3v) is 3.40. The van der Waals surface area contributed by atoms with Gasteiger partial charge in [0.1, 0.15) is 17.9 Å². The molecule has 0 aliphatic carbocycles. The van der Waals surface area contributed by atoms with Crippen molar-refractivity contribution in [2.75, 3.05) is 0 Å². The number of hydrogen-bond acceptors (Lipinski definition) is 2. The van der Waals surface area contributed by atoms with E-state index in [2.05, 4.69) is 0 Å². The molecular formula is C8H8N2O2S. The molecule has 1 unspecified atom stereocenters. The van der Waals surface area contributed by atoms with Crippen LogP contribution in [0.2, 0.25) is 0 Å². The molecule has 0 aromatic heterocycles. The molecule has 0 fully saturated rings. The van der Waals surface area contributed by atoms with Crippen molar-refractivity contribution < 1.29 is 9.35 Å². The molecular weight excluding hydrogens is 188 g/mol. The van der Waals surface area contributed by atoms with E-state index in [1.54, 1.807) is 12.1 Å². The third kappa shape index (κ3) is 1.26. The SMILES string of the molecule is NC(=O)N1Cc2ccccc2[S+]1[O-]. The van der Waals surface area contributed by atoms with Crippen LogP contribution in [0.25, 0.3) is 0 Å². The summed E-state index contributed by atoms with van der Waals surface area (Å²) in [5.41, 5.74) is 5.96. The van der Waals surface area contributed by atoms with E-state index in [0.717, 1.165) is 9.87 Å². The van der Waals surface area contributed by atoms with Gasteiger partial charge in [-0.25, -0.2) is 4.79 Å². The molecule has 0 radical (unpaired) electrons. The van der Waals surface area contributed by atoms with Crippen LogP contribution in [0.3, 0.4) is 0 Å². The summed E-state index contributed by atoms with van der Waals surface area (Å²) >= 11 is -1.41. The number of fused-ring (bicyclic) bond motifs is 1. The summed E-state index contributed by atoms with van der Waals surface area (Å²) in [6.45, 7) is 0.345. The Morgan fingerprint density at radius 1 is 1.54 bits per heavy atom. The van der Waals surface area contributed by atoms with Gasteiger partial charge < -0.3 is 10.3 Å². The lowest BCUT2D eigenvalue weighted by atomic mass is 10.2. The number of urea groups is 1. The quantitative estimate of drug-likeness (QED) is 0.617. The van der Waals surface area contributed by atoms with Gasteiger partial charge in [-0.2, -0.15) is 0 Å². The van der Waals surface area contributed by atoms with Crippen molar-refractivity contribution in [2.45, 2.75) is 11.4 Å². The van der Waals surface area contributed by atoms with Gasteiger partial charge in [-0.1, -0.05) is 18.2 Å². The van der Waals surface area contributed by atoms with Crippen molar-refractivity contribution in [3.63, 3.8) is 0 Å². The van der Waals surface area contributed by atoms with Crippen molar-refractivity contribution >= 4 is 17.4 Å². The van der Waals surface area contributed by atoms with Crippen LogP contribution in [0.1, 0.15) is 5.56 Å². The van der Waals surface area contributed by atoms with Crippen LogP contribution >= 0.6 is 0 Å². The maximum Gasteiger partial charge on any atom is 0.356 e. The first kappa shape index (κ1) is 8.40. The van der Waals surface area contributed by atoms with Gasteiger partial charge in [0.25, 0.3) is 0 Å². The second-order valence-corrected chi connectivity index (χ2v) is 4.11. The molecule has 68 valence electrons. The van der Waals surface area contributed by atoms with Gasteiger partial charge in [0.15, 0.2) is 4.90 Å². The molecule has 13 heavy (non-hydrogen) atoms. The molecule has 1 aromatic carbocycles. The molecule has 0 saturated carbocycles. The molecule has 1 aromatic rings. The molecule has 1 heterocycles. The zero-order valence-corrected chi connectivity index (χ0v) is 7.58. The number of carbonyl (C=O) groups excluding carboxylic acids is 1. The zero-order chi connectivity index (χ0) is 9.42. The summed E-state index contributed by atoms with van der Waals surface area (Å²) in [4.78, 5) is 11.5. The number of carbonyl (C=O) groups is 1. The van der Waals surface area contributed by atoms with Crippen LogP contribution in [0.4, 0.5) is 4.79 Å². The van der Waals surface area contributed by atoms with Gasteiger partial charge in [0.05, 0.1) is 0 Å². The Bertz CT molecular complexity index is 356. The van der Waals surface area contributed by atoms with Crippen LogP contribution < -0.4 is 5.73 Å². The van der Waals surface area contributed by atoms with Gasteiger partial charge in [-0.15, -0.1) is 4.31 Å². The molecule has 4 nitrogen and oxygen atoms in total. The van der Waals surface area contributed by atoms with Gasteiger partial charge in [-0.3, -0.25) is 0 Å². The van der Waals surface area contributed by atoms with Crippen LogP contribution in [-0.2, 0) is 17.9 Å². The summed E-state index contributed by atoms with van der Waals surface area (Å²) < 4.78 is 12.7. The number of primary amides is 1. The minimum Gasteiger partial charge on any atom is -0.588 e. The Kier molecular flexibility index (Phi) is 1.90. The van der Waals surface area contributed by atoms with E-state index < -0.39 is 17.4 Å². The number of rotatable bonds is 0. The summed E-state index contributed by atoms with van der Waals surface area (Å²) in [6.07, 6.45) is 0. The van der Waals surface area contributed by atoms with Crippen molar-refractivity contribution in [3.05, 3.63) is 29.8 Å². The predicted molar refractivity (Wildman–Crippen MR) is 48.0 cm³/mol. The second kappa shape index (κ2) is 2.93. The van der Waals surface area contributed by atoms with Crippen molar-refractivity contribution in [1.82, 2.24) is 4.31 Å². The maximum atomic E-state index is 11.6. The van der Waals surface area contributed by atoms with Crippen molar-refractivity contribution in [2.24, 2.45) is 5.73 Å². The van der Waals surface area contributed by atoms with Crippen LogP contribution in [-0.4, -0.2) is 14.9 Å². The minimum atomic E-state index is -1.41. The highest BCUT2D eigenvalue weighted by Gasteiger charge is 2.36. The summed E-state index contributed by atoms with van der Waals surface area (Å²) in [6, 6.07) is 6.58. The Morgan fingerprint density at radius 2 is 2.23 bits per heavy atom. The monoisotopic (exact) mass is 196 g/mol. The number of benzene rings is 1. The summed E-state index contributed by atoms with van der Waals surface area (Å²) in [7, 11) is 0. The molecule has 2 amide bonds. The van der Waals surface area contributed by atoms with E-state index in [-0.39, 0.29) is 0 Å². The first-order chi connectivity index (χ1) is 6.20. The van der Waals surface area contributed by atoms with Gasteiger partial charge in [-0.05, 0) is 6.07 Å². The predicted octanol–water partition coefficient (Wildman–Crippen LogP) is 0.604. The van der Waals surface area contributed by atoms with E-state index in [1.165, 1.54) is 0 Å². The Labute approximate surface area is 78.6 Å². The molecule has 2 N–H and O–H groups in total. The lowest BCUT2D eigenvalue weighted by Gasteiger charge is -2.12. The van der Waals surface area contributed by atoms with Crippen LogP contribution in [0, 0.1) is 0 Å². The lowest BCUT2D eigenvalue weighted by Crippen LogP contribution is -2.35. The lowest BCUT2D eigenvalue weighted by molar-refractivity contribution is 0.232. The molecule has 0 bridgehead atoms. The van der Waals surface area contributed by atoms with E-state index in [9.17, 15) is 9.35 Å². The topological polar surface area (TPSA) is 69.4 Å². The average Bonchev–Trinajstić information content (AvgIpc) is 2.45.